The second kappa shape index (κ2) is 9.94. The molecule has 41 heavy (non-hydrogen) atoms. The highest BCUT2D eigenvalue weighted by molar-refractivity contribution is 6.13. The zero-order chi connectivity index (χ0) is 29.6. The molecule has 7 heteroatoms. The van der Waals surface area contributed by atoms with E-state index in [1.807, 2.05) is 67.6 Å². The molecule has 1 spiro atoms. The van der Waals surface area contributed by atoms with Crippen LogP contribution in [0.5, 0.6) is 5.75 Å². The Labute approximate surface area is 240 Å². The number of benzene rings is 3. The van der Waals surface area contributed by atoms with Crippen molar-refractivity contribution < 1.29 is 19.1 Å². The fourth-order valence-electron chi connectivity index (χ4n) is 6.07. The molecule has 3 aromatic carbocycles. The van der Waals surface area contributed by atoms with Gasteiger partial charge in [0.1, 0.15) is 16.8 Å². The third-order valence-electron chi connectivity index (χ3n) is 7.84. The molecule has 2 aliphatic rings. The number of methoxy groups -OCH3 is 1. The number of allylic oxidation sites excluding steroid dienone is 1. The summed E-state index contributed by atoms with van der Waals surface area (Å²) in [5.74, 6) is -1.33. The Morgan fingerprint density at radius 2 is 1.61 bits per heavy atom. The van der Waals surface area contributed by atoms with Gasteiger partial charge >= 0.3 is 5.97 Å². The molecule has 7 nitrogen and oxygen atoms in total. The van der Waals surface area contributed by atoms with Gasteiger partial charge in [0, 0.05) is 17.2 Å². The lowest BCUT2D eigenvalue weighted by Crippen LogP contribution is -2.52. The van der Waals surface area contributed by atoms with E-state index in [-0.39, 0.29) is 12.1 Å². The van der Waals surface area contributed by atoms with Gasteiger partial charge in [-0.1, -0.05) is 60.2 Å². The Morgan fingerprint density at radius 1 is 0.976 bits per heavy atom. The maximum Gasteiger partial charge on any atom is 0.334 e. The minimum Gasteiger partial charge on any atom is -0.497 e. The van der Waals surface area contributed by atoms with E-state index in [0.29, 0.717) is 22.6 Å². The summed E-state index contributed by atoms with van der Waals surface area (Å²) in [7, 11) is 1.59. The van der Waals surface area contributed by atoms with Gasteiger partial charge in [-0.15, -0.1) is 0 Å². The Balaban J connectivity index is 1.77. The number of fused-ring (bicyclic) bond motifs is 2. The van der Waals surface area contributed by atoms with Gasteiger partial charge in [-0.05, 0) is 68.7 Å². The van der Waals surface area contributed by atoms with Crippen LogP contribution in [0.25, 0.3) is 0 Å². The molecule has 3 aromatic rings. The van der Waals surface area contributed by atoms with Crippen LogP contribution in [0.3, 0.4) is 0 Å². The predicted molar refractivity (Wildman–Crippen MR) is 154 cm³/mol. The van der Waals surface area contributed by atoms with E-state index < -0.39 is 34.2 Å². The minimum absolute atomic E-state index is 0.126. The first-order chi connectivity index (χ1) is 19.5. The first-order valence-electron chi connectivity index (χ1n) is 13.4. The van der Waals surface area contributed by atoms with Crippen LogP contribution in [-0.2, 0) is 26.3 Å². The van der Waals surface area contributed by atoms with Gasteiger partial charge in [-0.2, -0.15) is 10.5 Å². The largest absolute Gasteiger partial charge is 0.497 e. The molecular weight excluding hydrogens is 514 g/mol. The highest BCUT2D eigenvalue weighted by Gasteiger charge is 2.72. The number of hydrogen-bond donors (Lipinski definition) is 0. The summed E-state index contributed by atoms with van der Waals surface area (Å²) < 4.78 is 11.1. The number of aryl methyl sites for hydroxylation is 1. The first kappa shape index (κ1) is 27.7. The summed E-state index contributed by atoms with van der Waals surface area (Å²) in [4.78, 5) is 30.4. The molecule has 0 aromatic heterocycles. The molecule has 1 aliphatic heterocycles. The van der Waals surface area contributed by atoms with Crippen molar-refractivity contribution in [2.45, 2.75) is 51.2 Å². The lowest BCUT2D eigenvalue weighted by molar-refractivity contribution is -0.150. The molecule has 1 amide bonds. The summed E-state index contributed by atoms with van der Waals surface area (Å²) >= 11 is 0. The number of carbonyl (C=O) groups is 2. The number of anilines is 1. The second-order valence-electron chi connectivity index (χ2n) is 11.5. The van der Waals surface area contributed by atoms with Crippen LogP contribution in [-0.4, -0.2) is 24.6 Å². The zero-order valence-corrected chi connectivity index (χ0v) is 23.8. The molecule has 1 heterocycles. The molecule has 2 atom stereocenters. The molecule has 0 radical (unpaired) electrons. The van der Waals surface area contributed by atoms with Crippen LogP contribution in [0.15, 0.2) is 84.4 Å². The Kier molecular flexibility index (Phi) is 6.71. The third-order valence-corrected chi connectivity index (χ3v) is 7.84. The van der Waals surface area contributed by atoms with E-state index in [4.69, 9.17) is 9.47 Å². The first-order valence-corrected chi connectivity index (χ1v) is 13.4. The van der Waals surface area contributed by atoms with E-state index in [1.165, 1.54) is 6.08 Å². The molecule has 206 valence electrons. The van der Waals surface area contributed by atoms with Crippen LogP contribution >= 0.6 is 0 Å². The smallest absolute Gasteiger partial charge is 0.334 e. The van der Waals surface area contributed by atoms with Gasteiger partial charge in [-0.25, -0.2) is 4.79 Å². The van der Waals surface area contributed by atoms with Crippen molar-refractivity contribution in [3.63, 3.8) is 0 Å². The second-order valence-corrected chi connectivity index (χ2v) is 11.5. The zero-order valence-electron chi connectivity index (χ0n) is 23.8. The number of amides is 1. The molecule has 0 N–H and O–H groups in total. The standard InChI is InChI=1S/C34H31N3O4/c1-22-10-14-24(15-11-22)29-26(30(38)41-32(2,3)4)18-33(20-35,21-36)34(29)27-8-6-7-9-28(27)37(31(34)39)19-23-12-16-25(40-5)17-13-23/h6-18,29H,19H2,1-5H3/t29-,34+/m1/s1. The summed E-state index contributed by atoms with van der Waals surface area (Å²) in [5, 5.41) is 21.4. The molecule has 5 rings (SSSR count). The molecule has 0 saturated carbocycles. The Hall–Kier alpha value is -4.88. The highest BCUT2D eigenvalue weighted by Crippen LogP contribution is 2.65. The van der Waals surface area contributed by atoms with E-state index in [0.717, 1.165) is 11.1 Å². The molecule has 1 aliphatic carbocycles. The number of hydrogen-bond acceptors (Lipinski definition) is 6. The fraction of sp³-hybridized carbons (Fsp3) is 0.294. The third kappa shape index (κ3) is 4.26. The van der Waals surface area contributed by atoms with E-state index >= 15 is 0 Å². The van der Waals surface area contributed by atoms with Crippen molar-refractivity contribution in [3.8, 4) is 17.9 Å². The normalized spacial score (nSPS) is 20.7. The van der Waals surface area contributed by atoms with Crippen molar-refractivity contribution in [1.82, 2.24) is 0 Å². The average Bonchev–Trinajstić information content (AvgIpc) is 3.40. The van der Waals surface area contributed by atoms with Gasteiger partial charge in [0.2, 0.25) is 5.91 Å². The van der Waals surface area contributed by atoms with Crippen molar-refractivity contribution in [1.29, 1.82) is 10.5 Å². The summed E-state index contributed by atoms with van der Waals surface area (Å²) in [6.07, 6.45) is 1.37. The van der Waals surface area contributed by atoms with Crippen molar-refractivity contribution >= 4 is 17.6 Å². The Morgan fingerprint density at radius 3 is 2.20 bits per heavy atom. The summed E-state index contributed by atoms with van der Waals surface area (Å²) in [6.45, 7) is 7.42. The minimum atomic E-state index is -1.98. The van der Waals surface area contributed by atoms with E-state index in [1.54, 1.807) is 44.9 Å². The van der Waals surface area contributed by atoms with E-state index in [9.17, 15) is 20.1 Å². The maximum absolute atomic E-state index is 15.0. The molecular formula is C34H31N3O4. The average molecular weight is 546 g/mol. The van der Waals surface area contributed by atoms with Gasteiger partial charge in [0.05, 0.1) is 25.8 Å². The highest BCUT2D eigenvalue weighted by atomic mass is 16.6. The van der Waals surface area contributed by atoms with Crippen molar-refractivity contribution in [2.24, 2.45) is 5.41 Å². The molecule has 0 fully saturated rings. The lowest BCUT2D eigenvalue weighted by atomic mass is 9.57. The van der Waals surface area contributed by atoms with Crippen molar-refractivity contribution in [2.75, 3.05) is 12.0 Å². The summed E-state index contributed by atoms with van der Waals surface area (Å²) in [6, 6.07) is 26.5. The monoisotopic (exact) mass is 545 g/mol. The molecule has 0 bridgehead atoms. The van der Waals surface area contributed by atoms with Crippen LogP contribution in [0.4, 0.5) is 5.69 Å². The van der Waals surface area contributed by atoms with E-state index in [2.05, 4.69) is 12.1 Å². The number of nitrogens with zero attached hydrogens (tertiary/aromatic N) is 3. The molecule has 0 saturated heterocycles. The quantitative estimate of drug-likeness (QED) is 0.371. The summed E-state index contributed by atoms with van der Waals surface area (Å²) in [5.41, 5.74) is -0.786. The predicted octanol–water partition coefficient (Wildman–Crippen LogP) is 5.89. The van der Waals surface area contributed by atoms with Gasteiger partial charge in [0.15, 0.2) is 5.41 Å². The van der Waals surface area contributed by atoms with Gasteiger partial charge in [0.25, 0.3) is 0 Å². The van der Waals surface area contributed by atoms with Crippen LogP contribution in [0, 0.1) is 35.0 Å². The van der Waals surface area contributed by atoms with Crippen molar-refractivity contribution in [3.05, 3.63) is 107 Å². The lowest BCUT2D eigenvalue weighted by Gasteiger charge is -2.38. The fourth-order valence-corrected chi connectivity index (χ4v) is 6.07. The van der Waals surface area contributed by atoms with Gasteiger partial charge < -0.3 is 14.4 Å². The van der Waals surface area contributed by atoms with Gasteiger partial charge in [-0.3, -0.25) is 4.79 Å². The number of carbonyl (C=O) groups excluding carboxylic acids is 2. The SMILES string of the molecule is COc1ccc(CN2C(=O)[C@]3(c4ccccc42)[C@H](c2ccc(C)cc2)C(C(=O)OC(C)(C)C)=CC3(C#N)C#N)cc1. The topological polar surface area (TPSA) is 103 Å². The van der Waals surface area contributed by atoms with Crippen LogP contribution in [0.2, 0.25) is 0 Å². The Bertz CT molecular complexity index is 1620. The molecule has 0 unspecified atom stereocenters. The maximum atomic E-state index is 15.0. The number of esters is 1. The number of rotatable bonds is 5. The van der Waals surface area contributed by atoms with Crippen LogP contribution in [0.1, 0.15) is 48.9 Å². The number of para-hydroxylation sites is 1. The van der Waals surface area contributed by atoms with Crippen LogP contribution < -0.4 is 9.64 Å². The number of nitriles is 2. The number of ether oxygens (including phenoxy) is 2.